The second-order valence-electron chi connectivity index (χ2n) is 5.78. The fraction of sp³-hybridized carbons (Fsp3) is 0.158. The van der Waals surface area contributed by atoms with Crippen LogP contribution in [0.3, 0.4) is 0 Å². The molecule has 1 N–H and O–H groups in total. The monoisotopic (exact) mass is 356 g/mol. The number of aromatic nitrogens is 1. The Bertz CT molecular complexity index is 1060. The molecule has 3 aromatic rings. The van der Waals surface area contributed by atoms with Crippen molar-refractivity contribution in [2.24, 2.45) is 7.05 Å². The van der Waals surface area contributed by atoms with Gasteiger partial charge in [0.05, 0.1) is 18.0 Å². The van der Waals surface area contributed by atoms with Gasteiger partial charge < -0.3 is 19.3 Å². The number of anilines is 1. The molecule has 0 aliphatic heterocycles. The Morgan fingerprint density at radius 2 is 1.85 bits per heavy atom. The number of fused-ring (bicyclic) bond motifs is 1. The maximum atomic E-state index is 13.1. The number of hydrogen-bond donors (Lipinski definition) is 1. The van der Waals surface area contributed by atoms with Gasteiger partial charge in [0.2, 0.25) is 0 Å². The molecule has 0 saturated heterocycles. The third-order valence-electron chi connectivity index (χ3n) is 4.31. The zero-order valence-electron chi connectivity index (χ0n) is 14.5. The summed E-state index contributed by atoms with van der Waals surface area (Å²) in [6.45, 7) is 0. The Morgan fingerprint density at radius 1 is 1.19 bits per heavy atom. The number of pyridine rings is 1. The molecule has 1 aromatic heterocycles. The molecule has 7 heteroatoms. The number of halogens is 1. The number of rotatable bonds is 3. The summed E-state index contributed by atoms with van der Waals surface area (Å²) in [6.07, 6.45) is 0. The maximum absolute atomic E-state index is 13.1. The largest absolute Gasteiger partial charge is 0.506 e. The van der Waals surface area contributed by atoms with E-state index < -0.39 is 23.0 Å². The Kier molecular flexibility index (Phi) is 4.38. The average Bonchev–Trinajstić information content (AvgIpc) is 2.65. The highest BCUT2D eigenvalue weighted by Gasteiger charge is 2.26. The van der Waals surface area contributed by atoms with E-state index in [1.165, 1.54) is 54.9 Å². The van der Waals surface area contributed by atoms with E-state index in [9.17, 15) is 19.1 Å². The van der Waals surface area contributed by atoms with Gasteiger partial charge in [0, 0.05) is 19.8 Å². The van der Waals surface area contributed by atoms with Crippen molar-refractivity contribution in [3.63, 3.8) is 0 Å². The first kappa shape index (κ1) is 17.5. The van der Waals surface area contributed by atoms with Crippen LogP contribution in [0.1, 0.15) is 10.4 Å². The van der Waals surface area contributed by atoms with Crippen molar-refractivity contribution in [3.05, 3.63) is 64.2 Å². The molecule has 2 aromatic carbocycles. The van der Waals surface area contributed by atoms with Crippen molar-refractivity contribution in [2.45, 2.75) is 0 Å². The van der Waals surface area contributed by atoms with Crippen LogP contribution >= 0.6 is 0 Å². The molecule has 0 radical (unpaired) electrons. The second-order valence-corrected chi connectivity index (χ2v) is 5.78. The van der Waals surface area contributed by atoms with Gasteiger partial charge in [-0.3, -0.25) is 9.59 Å². The van der Waals surface area contributed by atoms with Crippen molar-refractivity contribution < 1.29 is 19.0 Å². The van der Waals surface area contributed by atoms with E-state index in [2.05, 4.69) is 0 Å². The normalized spacial score (nSPS) is 10.8. The second kappa shape index (κ2) is 6.51. The number of ether oxygens (including phenoxy) is 1. The highest BCUT2D eigenvalue weighted by Crippen LogP contribution is 2.34. The number of carbonyl (C=O) groups excluding carboxylic acids is 1. The summed E-state index contributed by atoms with van der Waals surface area (Å²) >= 11 is 0. The lowest BCUT2D eigenvalue weighted by Gasteiger charge is -2.19. The molecule has 0 aliphatic rings. The Hall–Kier alpha value is -3.35. The number of methoxy groups -OCH3 is 1. The molecule has 0 fully saturated rings. The van der Waals surface area contributed by atoms with Gasteiger partial charge in [-0.15, -0.1) is 0 Å². The van der Waals surface area contributed by atoms with Crippen molar-refractivity contribution in [2.75, 3.05) is 19.1 Å². The predicted octanol–water partition coefficient (Wildman–Crippen LogP) is 2.67. The van der Waals surface area contributed by atoms with Crippen LogP contribution in [0.15, 0.2) is 47.3 Å². The minimum Gasteiger partial charge on any atom is -0.506 e. The van der Waals surface area contributed by atoms with Crippen molar-refractivity contribution >= 4 is 22.5 Å². The van der Waals surface area contributed by atoms with Crippen LogP contribution in [-0.2, 0) is 7.05 Å². The third-order valence-corrected chi connectivity index (χ3v) is 4.31. The molecule has 0 aliphatic carbocycles. The molecule has 26 heavy (non-hydrogen) atoms. The van der Waals surface area contributed by atoms with Gasteiger partial charge in [-0.2, -0.15) is 0 Å². The number of aryl methyl sites for hydroxylation is 1. The number of amides is 1. The van der Waals surface area contributed by atoms with Gasteiger partial charge in [-0.25, -0.2) is 4.39 Å². The van der Waals surface area contributed by atoms with Crippen LogP contribution in [0.2, 0.25) is 0 Å². The van der Waals surface area contributed by atoms with Crippen molar-refractivity contribution in [1.29, 1.82) is 0 Å². The van der Waals surface area contributed by atoms with E-state index in [0.717, 1.165) is 0 Å². The van der Waals surface area contributed by atoms with Crippen molar-refractivity contribution in [3.8, 4) is 11.5 Å². The molecule has 0 spiro atoms. The van der Waals surface area contributed by atoms with Crippen LogP contribution in [-0.4, -0.2) is 29.7 Å². The van der Waals surface area contributed by atoms with Gasteiger partial charge >= 0.3 is 0 Å². The summed E-state index contributed by atoms with van der Waals surface area (Å²) in [6, 6.07) is 10.2. The van der Waals surface area contributed by atoms with Crippen LogP contribution < -0.4 is 15.2 Å². The summed E-state index contributed by atoms with van der Waals surface area (Å²) in [7, 11) is 4.39. The van der Waals surface area contributed by atoms with E-state index in [4.69, 9.17) is 4.74 Å². The van der Waals surface area contributed by atoms with Gasteiger partial charge in [0.15, 0.2) is 0 Å². The number of carbonyl (C=O) groups is 1. The van der Waals surface area contributed by atoms with E-state index in [-0.39, 0.29) is 10.9 Å². The lowest BCUT2D eigenvalue weighted by molar-refractivity contribution is 0.0988. The first-order valence-corrected chi connectivity index (χ1v) is 7.79. The van der Waals surface area contributed by atoms with Crippen LogP contribution in [0.4, 0.5) is 10.1 Å². The van der Waals surface area contributed by atoms with Gasteiger partial charge in [-0.05, 0) is 36.4 Å². The zero-order valence-corrected chi connectivity index (χ0v) is 14.5. The molecule has 1 heterocycles. The molecule has 6 nitrogen and oxygen atoms in total. The molecule has 1 amide bonds. The van der Waals surface area contributed by atoms with Gasteiger partial charge in [-0.1, -0.05) is 6.07 Å². The highest BCUT2D eigenvalue weighted by atomic mass is 19.1. The number of nitrogens with zero attached hydrogens (tertiary/aromatic N) is 2. The first-order valence-electron chi connectivity index (χ1n) is 7.79. The third kappa shape index (κ3) is 2.67. The predicted molar refractivity (Wildman–Crippen MR) is 96.5 cm³/mol. The molecule has 0 atom stereocenters. The molecule has 134 valence electrons. The quantitative estimate of drug-likeness (QED) is 0.783. The molecule has 0 bridgehead atoms. The smallest absolute Gasteiger partial charge is 0.267 e. The summed E-state index contributed by atoms with van der Waals surface area (Å²) in [4.78, 5) is 26.8. The summed E-state index contributed by atoms with van der Waals surface area (Å²) in [5.41, 5.74) is -0.190. The lowest BCUT2D eigenvalue weighted by Crippen LogP contribution is -2.34. The Labute approximate surface area is 148 Å². The topological polar surface area (TPSA) is 71.8 Å². The molecular formula is C19H17FN2O4. The maximum Gasteiger partial charge on any atom is 0.267 e. The minimum atomic E-state index is -0.706. The number of benzene rings is 2. The number of aromatic hydroxyl groups is 1. The molecular weight excluding hydrogens is 339 g/mol. The molecule has 0 saturated carbocycles. The fourth-order valence-corrected chi connectivity index (χ4v) is 2.85. The van der Waals surface area contributed by atoms with E-state index in [0.29, 0.717) is 17.0 Å². The summed E-state index contributed by atoms with van der Waals surface area (Å²) < 4.78 is 19.6. The van der Waals surface area contributed by atoms with Gasteiger partial charge in [0.25, 0.3) is 11.5 Å². The lowest BCUT2D eigenvalue weighted by atomic mass is 10.1. The molecule has 0 unspecified atom stereocenters. The number of hydrogen-bond acceptors (Lipinski definition) is 4. The van der Waals surface area contributed by atoms with Crippen molar-refractivity contribution in [1.82, 2.24) is 4.57 Å². The fourth-order valence-electron chi connectivity index (χ4n) is 2.85. The Morgan fingerprint density at radius 3 is 2.46 bits per heavy atom. The van der Waals surface area contributed by atoms with E-state index in [1.807, 2.05) is 0 Å². The summed E-state index contributed by atoms with van der Waals surface area (Å²) in [5.74, 6) is -1.25. The molecule has 3 rings (SSSR count). The Balaban J connectivity index is 2.23. The minimum absolute atomic E-state index is 0.271. The first-order chi connectivity index (χ1) is 12.4. The summed E-state index contributed by atoms with van der Waals surface area (Å²) in [5, 5.41) is 10.9. The van der Waals surface area contributed by atoms with E-state index in [1.54, 1.807) is 18.2 Å². The standard InChI is InChI=1S/C19H17FN2O4/c1-21(12-9-7-11(20)8-10-12)18(24)16-17(23)15-13(22(2)19(16)25)5-4-6-14(15)26-3/h4-10,23H,1-3H3. The van der Waals surface area contributed by atoms with Crippen LogP contribution in [0.5, 0.6) is 11.5 Å². The SMILES string of the molecule is COc1cccc2c1c(O)c(C(=O)N(C)c1ccc(F)cc1)c(=O)n2C. The zero-order chi connectivity index (χ0) is 19.0. The van der Waals surface area contributed by atoms with Gasteiger partial charge in [0.1, 0.15) is 22.9 Å². The highest BCUT2D eigenvalue weighted by molar-refractivity contribution is 6.10. The average molecular weight is 356 g/mol. The van der Waals surface area contributed by atoms with Crippen LogP contribution in [0.25, 0.3) is 10.9 Å². The van der Waals surface area contributed by atoms with E-state index >= 15 is 0 Å². The van der Waals surface area contributed by atoms with Crippen LogP contribution in [0, 0.1) is 5.82 Å².